The number of halogens is 1. The van der Waals surface area contributed by atoms with Crippen LogP contribution in [0.5, 0.6) is 0 Å². The van der Waals surface area contributed by atoms with Crippen LogP contribution < -0.4 is 10.2 Å². The molecule has 0 radical (unpaired) electrons. The first-order valence-electron chi connectivity index (χ1n) is 7.95. The summed E-state index contributed by atoms with van der Waals surface area (Å²) >= 11 is 6.14. The van der Waals surface area contributed by atoms with Crippen LogP contribution in [0.3, 0.4) is 0 Å². The summed E-state index contributed by atoms with van der Waals surface area (Å²) in [6, 6.07) is 15.2. The lowest BCUT2D eigenvalue weighted by Crippen LogP contribution is -2.36. The highest BCUT2D eigenvalue weighted by Gasteiger charge is 2.37. The molecule has 5 heteroatoms. The number of hydrogen-bond acceptors (Lipinski definition) is 2. The van der Waals surface area contributed by atoms with Gasteiger partial charge < -0.3 is 10.2 Å². The van der Waals surface area contributed by atoms with Crippen LogP contribution >= 0.6 is 11.6 Å². The fourth-order valence-corrected chi connectivity index (χ4v) is 3.01. The molecule has 1 unspecified atom stereocenters. The summed E-state index contributed by atoms with van der Waals surface area (Å²) in [7, 11) is 0. The molecule has 1 aliphatic rings. The fourth-order valence-electron chi connectivity index (χ4n) is 2.84. The van der Waals surface area contributed by atoms with Crippen LogP contribution in [0.4, 0.5) is 5.69 Å². The molecule has 2 aromatic carbocycles. The molecule has 2 amide bonds. The van der Waals surface area contributed by atoms with Gasteiger partial charge in [-0.05, 0) is 36.6 Å². The second-order valence-corrected chi connectivity index (χ2v) is 6.38. The van der Waals surface area contributed by atoms with E-state index in [-0.39, 0.29) is 11.8 Å². The first kappa shape index (κ1) is 16.5. The highest BCUT2D eigenvalue weighted by molar-refractivity contribution is 6.31. The van der Waals surface area contributed by atoms with Crippen LogP contribution in [0.1, 0.15) is 17.5 Å². The van der Waals surface area contributed by atoms with Crippen LogP contribution in [0.25, 0.3) is 0 Å². The number of anilines is 1. The minimum absolute atomic E-state index is 0.166. The van der Waals surface area contributed by atoms with Gasteiger partial charge in [0.2, 0.25) is 11.8 Å². The van der Waals surface area contributed by atoms with E-state index >= 15 is 0 Å². The van der Waals surface area contributed by atoms with Crippen LogP contribution in [0, 0.1) is 12.8 Å². The van der Waals surface area contributed by atoms with Crippen molar-refractivity contribution in [3.63, 3.8) is 0 Å². The molecular weight excluding hydrogens is 324 g/mol. The van der Waals surface area contributed by atoms with E-state index in [2.05, 4.69) is 5.32 Å². The molecule has 2 aromatic rings. The quantitative estimate of drug-likeness (QED) is 0.866. The Morgan fingerprint density at radius 2 is 2.00 bits per heavy atom. The lowest BCUT2D eigenvalue weighted by atomic mass is 10.1. The topological polar surface area (TPSA) is 49.4 Å². The van der Waals surface area contributed by atoms with Crippen molar-refractivity contribution in [1.29, 1.82) is 0 Å². The lowest BCUT2D eigenvalue weighted by Gasteiger charge is -2.17. The van der Waals surface area contributed by atoms with Gasteiger partial charge in [0.05, 0.1) is 0 Å². The van der Waals surface area contributed by atoms with Gasteiger partial charge in [0, 0.05) is 23.8 Å². The molecule has 24 heavy (non-hydrogen) atoms. The van der Waals surface area contributed by atoms with Crippen molar-refractivity contribution in [2.75, 3.05) is 11.4 Å². The molecule has 4 nitrogen and oxygen atoms in total. The molecule has 124 valence electrons. The van der Waals surface area contributed by atoms with Crippen LogP contribution in [0.15, 0.2) is 48.5 Å². The van der Waals surface area contributed by atoms with E-state index < -0.39 is 5.92 Å². The number of carbonyl (C=O) groups excluding carboxylic acids is 2. The van der Waals surface area contributed by atoms with E-state index in [0.717, 1.165) is 16.8 Å². The molecule has 1 heterocycles. The monoisotopic (exact) mass is 342 g/mol. The van der Waals surface area contributed by atoms with Gasteiger partial charge in [0.25, 0.3) is 0 Å². The molecule has 1 fully saturated rings. The maximum absolute atomic E-state index is 12.6. The van der Waals surface area contributed by atoms with Crippen molar-refractivity contribution in [1.82, 2.24) is 5.32 Å². The second-order valence-electron chi connectivity index (χ2n) is 5.97. The molecule has 1 atom stereocenters. The van der Waals surface area contributed by atoms with Gasteiger partial charge in [0.15, 0.2) is 0 Å². The van der Waals surface area contributed by atoms with Crippen molar-refractivity contribution in [2.45, 2.75) is 19.9 Å². The number of amides is 2. The Hall–Kier alpha value is -2.33. The maximum Gasteiger partial charge on any atom is 0.239 e. The lowest BCUT2D eigenvalue weighted by molar-refractivity contribution is -0.132. The summed E-state index contributed by atoms with van der Waals surface area (Å²) in [5, 5.41) is 3.47. The SMILES string of the molecule is Cc1ccc(N2CCC(C(=O)NCc3ccccc3)C2=O)cc1Cl. The van der Waals surface area contributed by atoms with Crippen molar-refractivity contribution >= 4 is 29.1 Å². The number of rotatable bonds is 4. The van der Waals surface area contributed by atoms with Crippen molar-refractivity contribution in [3.8, 4) is 0 Å². The van der Waals surface area contributed by atoms with Gasteiger partial charge >= 0.3 is 0 Å². The first-order chi connectivity index (χ1) is 11.6. The Bertz CT molecular complexity index is 761. The Labute approximate surface area is 146 Å². The highest BCUT2D eigenvalue weighted by Crippen LogP contribution is 2.29. The summed E-state index contributed by atoms with van der Waals surface area (Å²) in [4.78, 5) is 26.6. The average Bonchev–Trinajstić information content (AvgIpc) is 2.98. The molecule has 0 spiro atoms. The molecule has 0 aliphatic carbocycles. The predicted octanol–water partition coefficient (Wildman–Crippen LogP) is 3.32. The molecular formula is C19H19ClN2O2. The van der Waals surface area contributed by atoms with E-state index in [9.17, 15) is 9.59 Å². The standard InChI is InChI=1S/C19H19ClN2O2/c1-13-7-8-15(11-17(13)20)22-10-9-16(19(22)24)18(23)21-12-14-5-3-2-4-6-14/h2-8,11,16H,9-10,12H2,1H3,(H,21,23). The largest absolute Gasteiger partial charge is 0.351 e. The van der Waals surface area contributed by atoms with E-state index in [0.29, 0.717) is 24.5 Å². The van der Waals surface area contributed by atoms with Crippen LogP contribution in [-0.2, 0) is 16.1 Å². The molecule has 1 saturated heterocycles. The number of benzene rings is 2. The van der Waals surface area contributed by atoms with Crippen LogP contribution in [0.2, 0.25) is 5.02 Å². The van der Waals surface area contributed by atoms with Crippen molar-refractivity contribution in [2.24, 2.45) is 5.92 Å². The normalized spacial score (nSPS) is 17.2. The third-order valence-corrected chi connectivity index (χ3v) is 4.71. The Balaban J connectivity index is 1.65. The van der Waals surface area contributed by atoms with Crippen LogP contribution in [-0.4, -0.2) is 18.4 Å². The summed E-state index contributed by atoms with van der Waals surface area (Å²) in [6.45, 7) is 2.87. The van der Waals surface area contributed by atoms with Crippen molar-refractivity contribution in [3.05, 3.63) is 64.7 Å². The molecule has 0 aromatic heterocycles. The second kappa shape index (κ2) is 7.05. The fraction of sp³-hybridized carbons (Fsp3) is 0.263. The summed E-state index contributed by atoms with van der Waals surface area (Å²) in [6.07, 6.45) is 0.519. The Morgan fingerprint density at radius 3 is 2.71 bits per heavy atom. The smallest absolute Gasteiger partial charge is 0.239 e. The zero-order chi connectivity index (χ0) is 17.1. The summed E-state index contributed by atoms with van der Waals surface area (Å²) in [5.74, 6) is -1.01. The van der Waals surface area contributed by atoms with E-state index in [4.69, 9.17) is 11.6 Å². The average molecular weight is 343 g/mol. The number of nitrogens with one attached hydrogen (secondary N) is 1. The number of carbonyl (C=O) groups is 2. The molecule has 1 aliphatic heterocycles. The number of aryl methyl sites for hydroxylation is 1. The van der Waals surface area contributed by atoms with E-state index in [1.54, 1.807) is 11.0 Å². The van der Waals surface area contributed by atoms with Crippen molar-refractivity contribution < 1.29 is 9.59 Å². The first-order valence-corrected chi connectivity index (χ1v) is 8.33. The summed E-state index contributed by atoms with van der Waals surface area (Å²) in [5.41, 5.74) is 2.72. The zero-order valence-electron chi connectivity index (χ0n) is 13.5. The van der Waals surface area contributed by atoms with E-state index in [1.165, 1.54) is 0 Å². The minimum atomic E-state index is -0.631. The maximum atomic E-state index is 12.6. The van der Waals surface area contributed by atoms with Gasteiger partial charge in [-0.15, -0.1) is 0 Å². The highest BCUT2D eigenvalue weighted by atomic mass is 35.5. The molecule has 0 bridgehead atoms. The van der Waals surface area contributed by atoms with Gasteiger partial charge in [-0.3, -0.25) is 9.59 Å². The third-order valence-electron chi connectivity index (χ3n) is 4.30. The van der Waals surface area contributed by atoms with Gasteiger partial charge in [-0.25, -0.2) is 0 Å². The molecule has 1 N–H and O–H groups in total. The molecule has 3 rings (SSSR count). The predicted molar refractivity (Wildman–Crippen MR) is 94.9 cm³/mol. The Kier molecular flexibility index (Phi) is 4.86. The van der Waals surface area contributed by atoms with Gasteiger partial charge in [-0.2, -0.15) is 0 Å². The third kappa shape index (κ3) is 3.44. The summed E-state index contributed by atoms with van der Waals surface area (Å²) < 4.78 is 0. The van der Waals surface area contributed by atoms with Gasteiger partial charge in [-0.1, -0.05) is 48.0 Å². The number of nitrogens with zero attached hydrogens (tertiary/aromatic N) is 1. The zero-order valence-corrected chi connectivity index (χ0v) is 14.2. The van der Waals surface area contributed by atoms with Gasteiger partial charge in [0.1, 0.15) is 5.92 Å². The Morgan fingerprint density at radius 1 is 1.25 bits per heavy atom. The minimum Gasteiger partial charge on any atom is -0.351 e. The molecule has 0 saturated carbocycles. The van der Waals surface area contributed by atoms with E-state index in [1.807, 2.05) is 49.4 Å². The number of hydrogen-bond donors (Lipinski definition) is 1.